The van der Waals surface area contributed by atoms with Gasteiger partial charge in [-0.1, -0.05) is 11.6 Å². The van der Waals surface area contributed by atoms with Crippen molar-refractivity contribution in [1.82, 2.24) is 14.9 Å². The first-order valence-corrected chi connectivity index (χ1v) is 13.1. The van der Waals surface area contributed by atoms with E-state index in [0.717, 1.165) is 30.3 Å². The lowest BCUT2D eigenvalue weighted by Crippen LogP contribution is -2.37. The van der Waals surface area contributed by atoms with Crippen LogP contribution in [0.2, 0.25) is 5.02 Å². The van der Waals surface area contributed by atoms with Gasteiger partial charge in [0.1, 0.15) is 30.1 Å². The van der Waals surface area contributed by atoms with Gasteiger partial charge in [0.25, 0.3) is 0 Å². The number of anilines is 1. The van der Waals surface area contributed by atoms with Crippen molar-refractivity contribution < 1.29 is 23.4 Å². The van der Waals surface area contributed by atoms with Crippen molar-refractivity contribution in [1.29, 1.82) is 0 Å². The number of benzene rings is 2. The number of nitrogens with one attached hydrogen (secondary N) is 1. The van der Waals surface area contributed by atoms with Crippen LogP contribution in [0.25, 0.3) is 22.2 Å². The molecule has 1 atom stereocenters. The van der Waals surface area contributed by atoms with E-state index in [-0.39, 0.29) is 17.2 Å². The maximum Gasteiger partial charge on any atom is 0.410 e. The molecule has 2 aromatic carbocycles. The molecule has 1 aromatic heterocycles. The Morgan fingerprint density at radius 1 is 1.16 bits per heavy atom. The molecular formula is C28H34ClFN4O4. The monoisotopic (exact) mass is 544 g/mol. The number of amides is 1. The zero-order valence-corrected chi connectivity index (χ0v) is 23.0. The van der Waals surface area contributed by atoms with Gasteiger partial charge in [0.05, 0.1) is 28.5 Å². The van der Waals surface area contributed by atoms with Crippen LogP contribution in [-0.4, -0.2) is 66.0 Å². The molecule has 0 spiro atoms. The lowest BCUT2D eigenvalue weighted by Gasteiger charge is -2.26. The molecule has 38 heavy (non-hydrogen) atoms. The van der Waals surface area contributed by atoms with E-state index in [1.165, 1.54) is 12.4 Å². The molecule has 8 nitrogen and oxygen atoms in total. The average molecular weight is 545 g/mol. The number of hydrogen-bond acceptors (Lipinski definition) is 7. The number of rotatable bonds is 7. The minimum atomic E-state index is -0.533. The average Bonchev–Trinajstić information content (AvgIpc) is 3.10. The molecule has 3 aromatic rings. The van der Waals surface area contributed by atoms with Crippen LogP contribution in [-0.2, 0) is 9.47 Å². The Labute approximate surface area is 227 Å². The normalized spacial score (nSPS) is 16.3. The van der Waals surface area contributed by atoms with Crippen molar-refractivity contribution in [2.45, 2.75) is 51.7 Å². The molecule has 2 heterocycles. The fourth-order valence-electron chi connectivity index (χ4n) is 4.39. The number of carbonyl (C=O) groups excluding carboxylic acids is 1. The molecule has 1 saturated heterocycles. The first-order chi connectivity index (χ1) is 18.1. The van der Waals surface area contributed by atoms with Crippen LogP contribution in [0.15, 0.2) is 36.7 Å². The molecule has 0 saturated carbocycles. The maximum atomic E-state index is 13.8. The Morgan fingerprint density at radius 3 is 2.71 bits per heavy atom. The molecular weight excluding hydrogens is 511 g/mol. The Balaban J connectivity index is 1.62. The molecule has 204 valence electrons. The third-order valence-electron chi connectivity index (χ3n) is 6.21. The van der Waals surface area contributed by atoms with Gasteiger partial charge >= 0.3 is 6.09 Å². The Morgan fingerprint density at radius 2 is 1.97 bits per heavy atom. The lowest BCUT2D eigenvalue weighted by atomic mass is 10.0. The van der Waals surface area contributed by atoms with E-state index in [4.69, 9.17) is 25.8 Å². The minimum absolute atomic E-state index is 0.0279. The molecule has 0 aliphatic carbocycles. The highest BCUT2D eigenvalue weighted by atomic mass is 35.5. The van der Waals surface area contributed by atoms with E-state index in [9.17, 15) is 9.18 Å². The summed E-state index contributed by atoms with van der Waals surface area (Å²) in [5.74, 6) is 0.156. The summed E-state index contributed by atoms with van der Waals surface area (Å²) >= 11 is 6.06. The predicted molar refractivity (Wildman–Crippen MR) is 146 cm³/mol. The summed E-state index contributed by atoms with van der Waals surface area (Å²) in [6.07, 6.45) is 3.65. The summed E-state index contributed by atoms with van der Waals surface area (Å²) in [7, 11) is 1.62. The molecule has 1 N–H and O–H groups in total. The van der Waals surface area contributed by atoms with Crippen molar-refractivity contribution in [3.63, 3.8) is 0 Å². The number of halogens is 2. The summed E-state index contributed by atoms with van der Waals surface area (Å²) in [6.45, 7) is 7.66. The van der Waals surface area contributed by atoms with E-state index in [2.05, 4.69) is 15.3 Å². The van der Waals surface area contributed by atoms with Gasteiger partial charge in [-0.25, -0.2) is 19.2 Å². The zero-order valence-electron chi connectivity index (χ0n) is 22.2. The number of ether oxygens (including phenoxy) is 3. The van der Waals surface area contributed by atoms with Gasteiger partial charge in [-0.2, -0.15) is 0 Å². The van der Waals surface area contributed by atoms with Crippen LogP contribution in [0.1, 0.15) is 40.0 Å². The maximum absolute atomic E-state index is 13.8. The Kier molecular flexibility index (Phi) is 8.89. The highest BCUT2D eigenvalue weighted by Crippen LogP contribution is 2.36. The zero-order chi connectivity index (χ0) is 27.3. The Hall–Kier alpha value is -3.17. The van der Waals surface area contributed by atoms with Crippen LogP contribution >= 0.6 is 11.6 Å². The smallest absolute Gasteiger partial charge is 0.410 e. The third kappa shape index (κ3) is 7.02. The van der Waals surface area contributed by atoms with Crippen molar-refractivity contribution in [2.75, 3.05) is 38.7 Å². The van der Waals surface area contributed by atoms with E-state index in [1.807, 2.05) is 32.9 Å². The van der Waals surface area contributed by atoms with Crippen molar-refractivity contribution in [3.05, 3.63) is 47.5 Å². The van der Waals surface area contributed by atoms with Gasteiger partial charge in [-0.15, -0.1) is 0 Å². The Bertz CT molecular complexity index is 1280. The number of aromatic nitrogens is 2. The SMILES string of the molecule is COCCOc1cc2ncnc(-c3ccc(F)c(Cl)c3)c2cc1NC1CCCN(C(=O)OC(C)(C)C)CC1. The van der Waals surface area contributed by atoms with Gasteiger partial charge in [-0.3, -0.25) is 0 Å². The quantitative estimate of drug-likeness (QED) is 0.348. The van der Waals surface area contributed by atoms with Crippen molar-refractivity contribution in [3.8, 4) is 17.0 Å². The van der Waals surface area contributed by atoms with E-state index < -0.39 is 11.4 Å². The molecule has 1 aliphatic rings. The number of nitrogens with zero attached hydrogens (tertiary/aromatic N) is 3. The van der Waals surface area contributed by atoms with Crippen LogP contribution in [0, 0.1) is 5.82 Å². The van der Waals surface area contributed by atoms with E-state index in [0.29, 0.717) is 48.8 Å². The van der Waals surface area contributed by atoms with Crippen molar-refractivity contribution in [2.24, 2.45) is 0 Å². The predicted octanol–water partition coefficient (Wildman–Crippen LogP) is 6.32. The van der Waals surface area contributed by atoms with Crippen LogP contribution < -0.4 is 10.1 Å². The summed E-state index contributed by atoms with van der Waals surface area (Å²) in [6, 6.07) is 8.47. The highest BCUT2D eigenvalue weighted by molar-refractivity contribution is 6.31. The first kappa shape index (κ1) is 27.9. The van der Waals surface area contributed by atoms with E-state index >= 15 is 0 Å². The summed E-state index contributed by atoms with van der Waals surface area (Å²) in [5, 5.41) is 4.44. The summed E-state index contributed by atoms with van der Waals surface area (Å²) in [5.41, 5.74) is 2.26. The molecule has 1 amide bonds. The van der Waals surface area contributed by atoms with Gasteiger partial charge in [0.2, 0.25) is 0 Å². The van der Waals surface area contributed by atoms with E-state index in [1.54, 1.807) is 24.1 Å². The van der Waals surface area contributed by atoms with Crippen LogP contribution in [0.4, 0.5) is 14.9 Å². The molecule has 0 bridgehead atoms. The molecule has 1 fully saturated rings. The molecule has 10 heteroatoms. The molecule has 0 radical (unpaired) electrons. The van der Waals surface area contributed by atoms with Gasteiger partial charge in [0, 0.05) is 43.3 Å². The van der Waals surface area contributed by atoms with Gasteiger partial charge in [-0.05, 0) is 64.3 Å². The minimum Gasteiger partial charge on any atom is -0.489 e. The van der Waals surface area contributed by atoms with Gasteiger partial charge in [0.15, 0.2) is 0 Å². The van der Waals surface area contributed by atoms with Crippen LogP contribution in [0.3, 0.4) is 0 Å². The number of hydrogen-bond donors (Lipinski definition) is 1. The topological polar surface area (TPSA) is 85.8 Å². The van der Waals surface area contributed by atoms with Gasteiger partial charge < -0.3 is 24.4 Å². The number of methoxy groups -OCH3 is 1. The number of likely N-dealkylation sites (tertiary alicyclic amines) is 1. The fourth-order valence-corrected chi connectivity index (χ4v) is 4.57. The standard InChI is InChI=1S/C28H34ClFN4O4/c1-28(2,3)38-27(35)34-10-5-6-19(9-11-34)33-24-15-20-23(16-25(24)37-13-12-36-4)31-17-32-26(20)18-7-8-22(30)21(29)14-18/h7-8,14-17,19,33H,5-6,9-13H2,1-4H3. The second-order valence-electron chi connectivity index (χ2n) is 10.3. The third-order valence-corrected chi connectivity index (χ3v) is 6.50. The number of carbonyl (C=O) groups is 1. The molecule has 1 unspecified atom stereocenters. The largest absolute Gasteiger partial charge is 0.489 e. The first-order valence-electron chi connectivity index (χ1n) is 12.7. The molecule has 1 aliphatic heterocycles. The second kappa shape index (κ2) is 12.1. The fraction of sp³-hybridized carbons (Fsp3) is 0.464. The second-order valence-corrected chi connectivity index (χ2v) is 10.7. The highest BCUT2D eigenvalue weighted by Gasteiger charge is 2.26. The van der Waals surface area contributed by atoms with Crippen LogP contribution in [0.5, 0.6) is 5.75 Å². The number of fused-ring (bicyclic) bond motifs is 1. The van der Waals surface area contributed by atoms with Crippen molar-refractivity contribution >= 4 is 34.3 Å². The summed E-state index contributed by atoms with van der Waals surface area (Å²) in [4.78, 5) is 23.3. The molecule has 4 rings (SSSR count). The lowest BCUT2D eigenvalue weighted by molar-refractivity contribution is 0.0256. The summed E-state index contributed by atoms with van der Waals surface area (Å²) < 4.78 is 30.6.